The predicted octanol–water partition coefficient (Wildman–Crippen LogP) is 6.58. The molecule has 5 rings (SSSR count). The van der Waals surface area contributed by atoms with Crippen LogP contribution in [0.25, 0.3) is 11.3 Å². The third-order valence-corrected chi connectivity index (χ3v) is 7.27. The van der Waals surface area contributed by atoms with E-state index in [-0.39, 0.29) is 23.4 Å². The van der Waals surface area contributed by atoms with Crippen LogP contribution in [-0.2, 0) is 0 Å². The number of non-ortho nitro benzene ring substituents is 1. The van der Waals surface area contributed by atoms with Gasteiger partial charge in [0.25, 0.3) is 5.69 Å². The highest BCUT2D eigenvalue weighted by molar-refractivity contribution is 7.10. The summed E-state index contributed by atoms with van der Waals surface area (Å²) in [5, 5.41) is 17.6. The number of carbonyl (C=O) groups excluding carboxylic acids is 1. The average Bonchev–Trinajstić information content (AvgIpc) is 3.56. The number of aromatic nitrogens is 1. The van der Waals surface area contributed by atoms with Gasteiger partial charge in [-0.15, -0.1) is 11.3 Å². The van der Waals surface area contributed by atoms with Crippen LogP contribution in [0.2, 0.25) is 5.02 Å². The van der Waals surface area contributed by atoms with Crippen LogP contribution in [0.3, 0.4) is 0 Å². The Balaban J connectivity index is 1.49. The van der Waals surface area contributed by atoms with Crippen molar-refractivity contribution in [2.45, 2.75) is 12.0 Å². The number of carbonyl (C=O) groups is 1. The number of ether oxygens (including phenoxy) is 1. The Kier molecular flexibility index (Phi) is 6.54. The van der Waals surface area contributed by atoms with Crippen molar-refractivity contribution >= 4 is 34.4 Å². The van der Waals surface area contributed by atoms with Gasteiger partial charge in [-0.25, -0.2) is 4.98 Å². The molecule has 4 aromatic rings. The number of nitro benzene ring substituents is 1. The third kappa shape index (κ3) is 4.60. The number of nitrogens with one attached hydrogen (secondary N) is 1. The average molecular weight is 518 g/mol. The Bertz CT molecular complexity index is 1450. The van der Waals surface area contributed by atoms with Gasteiger partial charge in [-0.2, -0.15) is 0 Å². The van der Waals surface area contributed by atoms with E-state index in [1.54, 1.807) is 49.7 Å². The Hall–Kier alpha value is -4.01. The molecule has 0 saturated heterocycles. The molecule has 0 aliphatic carbocycles. The molecule has 1 N–H and O–H groups in total. The smallest absolute Gasteiger partial charge is 0.269 e. The second-order valence-electron chi connectivity index (χ2n) is 8.21. The summed E-state index contributed by atoms with van der Waals surface area (Å²) in [6.45, 7) is 0. The van der Waals surface area contributed by atoms with Crippen molar-refractivity contribution < 1.29 is 14.5 Å². The van der Waals surface area contributed by atoms with Gasteiger partial charge in [-0.3, -0.25) is 14.9 Å². The van der Waals surface area contributed by atoms with Crippen LogP contribution in [0.1, 0.15) is 32.9 Å². The fourth-order valence-electron chi connectivity index (χ4n) is 4.23. The number of halogens is 1. The molecule has 0 saturated carbocycles. The maximum Gasteiger partial charge on any atom is 0.269 e. The molecule has 0 amide bonds. The first-order valence-electron chi connectivity index (χ1n) is 11.0. The minimum absolute atomic E-state index is 0.0285. The Morgan fingerprint density at radius 1 is 1.06 bits per heavy atom. The molecule has 1 aromatic heterocycles. The summed E-state index contributed by atoms with van der Waals surface area (Å²) in [5.41, 5.74) is 3.66. The largest absolute Gasteiger partial charge is 0.497 e. The molecule has 0 fully saturated rings. The van der Waals surface area contributed by atoms with Crippen LogP contribution in [0.4, 0.5) is 5.69 Å². The van der Waals surface area contributed by atoms with E-state index in [2.05, 4.69) is 5.32 Å². The van der Waals surface area contributed by atoms with Crippen molar-refractivity contribution in [2.24, 2.45) is 0 Å². The molecular formula is C27H20ClN3O4S. The lowest BCUT2D eigenvalue weighted by atomic mass is 9.84. The summed E-state index contributed by atoms with van der Waals surface area (Å²) in [6.07, 6.45) is 1.77. The van der Waals surface area contributed by atoms with Gasteiger partial charge < -0.3 is 10.1 Å². The lowest BCUT2D eigenvalue weighted by molar-refractivity contribution is -0.384. The van der Waals surface area contributed by atoms with Gasteiger partial charge in [0, 0.05) is 51.4 Å². The topological polar surface area (TPSA) is 94.4 Å². The monoisotopic (exact) mass is 517 g/mol. The normalized spacial score (nSPS) is 16.8. The summed E-state index contributed by atoms with van der Waals surface area (Å²) in [4.78, 5) is 28.9. The first kappa shape index (κ1) is 23.7. The molecule has 9 heteroatoms. The van der Waals surface area contributed by atoms with E-state index in [0.717, 1.165) is 27.6 Å². The molecule has 0 radical (unpaired) electrons. The van der Waals surface area contributed by atoms with Crippen LogP contribution >= 0.6 is 22.9 Å². The Labute approximate surface area is 216 Å². The Morgan fingerprint density at radius 3 is 2.39 bits per heavy atom. The summed E-state index contributed by atoms with van der Waals surface area (Å²) in [5.74, 6) is 0.357. The van der Waals surface area contributed by atoms with Crippen LogP contribution < -0.4 is 10.1 Å². The molecule has 1 aliphatic rings. The zero-order chi connectivity index (χ0) is 25.2. The van der Waals surface area contributed by atoms with E-state index in [9.17, 15) is 14.9 Å². The molecule has 0 spiro atoms. The zero-order valence-corrected chi connectivity index (χ0v) is 20.6. The molecule has 0 bridgehead atoms. The highest BCUT2D eigenvalue weighted by Gasteiger charge is 2.37. The SMILES string of the molecule is COc1ccc(C2C(C(=O)c3ccc(Cl)cc3)=CNC2c2nc(-c3ccc([N+](=O)[O-])cc3)cs2)cc1. The third-order valence-electron chi connectivity index (χ3n) is 6.09. The number of nitrogens with zero attached hydrogens (tertiary/aromatic N) is 2. The first-order chi connectivity index (χ1) is 17.4. The van der Waals surface area contributed by atoms with Gasteiger partial charge >= 0.3 is 0 Å². The summed E-state index contributed by atoms with van der Waals surface area (Å²) < 4.78 is 5.31. The maximum atomic E-state index is 13.5. The van der Waals surface area contributed by atoms with Crippen LogP contribution in [0.15, 0.2) is 89.9 Å². The maximum absolute atomic E-state index is 13.5. The summed E-state index contributed by atoms with van der Waals surface area (Å²) in [7, 11) is 1.61. The number of hydrogen-bond donors (Lipinski definition) is 1. The van der Waals surface area contributed by atoms with Crippen LogP contribution in [0, 0.1) is 10.1 Å². The van der Waals surface area contributed by atoms with Gasteiger partial charge in [0.2, 0.25) is 0 Å². The van der Waals surface area contributed by atoms with Crippen molar-refractivity contribution in [3.05, 3.63) is 121 Å². The fourth-order valence-corrected chi connectivity index (χ4v) is 5.28. The number of ketones is 1. The van der Waals surface area contributed by atoms with Crippen molar-refractivity contribution in [3.63, 3.8) is 0 Å². The molecule has 180 valence electrons. The number of methoxy groups -OCH3 is 1. The van der Waals surface area contributed by atoms with Crippen molar-refractivity contribution in [3.8, 4) is 17.0 Å². The quantitative estimate of drug-likeness (QED) is 0.169. The Morgan fingerprint density at radius 2 is 1.75 bits per heavy atom. The number of hydrogen-bond acceptors (Lipinski definition) is 7. The predicted molar refractivity (Wildman–Crippen MR) is 140 cm³/mol. The number of thiazole rings is 1. The highest BCUT2D eigenvalue weighted by Crippen LogP contribution is 2.44. The second-order valence-corrected chi connectivity index (χ2v) is 9.53. The highest BCUT2D eigenvalue weighted by atomic mass is 35.5. The lowest BCUT2D eigenvalue weighted by Crippen LogP contribution is -2.19. The molecule has 36 heavy (non-hydrogen) atoms. The lowest BCUT2D eigenvalue weighted by Gasteiger charge is -2.21. The van der Waals surface area contributed by atoms with E-state index in [1.807, 2.05) is 29.6 Å². The zero-order valence-electron chi connectivity index (χ0n) is 19.1. The molecule has 2 atom stereocenters. The van der Waals surface area contributed by atoms with Crippen molar-refractivity contribution in [1.29, 1.82) is 0 Å². The van der Waals surface area contributed by atoms with E-state index < -0.39 is 4.92 Å². The van der Waals surface area contributed by atoms with E-state index >= 15 is 0 Å². The fraction of sp³-hybridized carbons (Fsp3) is 0.111. The number of rotatable bonds is 7. The van der Waals surface area contributed by atoms with Gasteiger partial charge in [-0.05, 0) is 54.1 Å². The van der Waals surface area contributed by atoms with E-state index in [0.29, 0.717) is 16.2 Å². The number of nitro groups is 1. The van der Waals surface area contributed by atoms with Gasteiger partial charge in [0.05, 0.1) is 23.8 Å². The van der Waals surface area contributed by atoms with Crippen LogP contribution in [0.5, 0.6) is 5.75 Å². The molecular weight excluding hydrogens is 498 g/mol. The van der Waals surface area contributed by atoms with E-state index in [4.69, 9.17) is 21.3 Å². The summed E-state index contributed by atoms with van der Waals surface area (Å²) >= 11 is 7.49. The number of benzene rings is 3. The minimum atomic E-state index is -0.428. The standard InChI is InChI=1S/C27H20ClN3O4S/c1-35-21-12-6-17(7-13-21)24-22(26(32)18-2-8-19(28)9-3-18)14-29-25(24)27-30-23(15-36-27)16-4-10-20(11-5-16)31(33)34/h2-15,24-25,29H,1H3. The van der Waals surface area contributed by atoms with Gasteiger partial charge in [0.15, 0.2) is 5.78 Å². The van der Waals surface area contributed by atoms with E-state index in [1.165, 1.54) is 23.5 Å². The minimum Gasteiger partial charge on any atom is -0.497 e. The summed E-state index contributed by atoms with van der Waals surface area (Å²) in [6, 6.07) is 20.6. The van der Waals surface area contributed by atoms with Gasteiger partial charge in [-0.1, -0.05) is 23.7 Å². The molecule has 2 unspecified atom stereocenters. The molecule has 7 nitrogen and oxygen atoms in total. The molecule has 1 aliphatic heterocycles. The van der Waals surface area contributed by atoms with Crippen LogP contribution in [-0.4, -0.2) is 22.8 Å². The second kappa shape index (κ2) is 9.93. The van der Waals surface area contributed by atoms with Crippen molar-refractivity contribution in [1.82, 2.24) is 10.3 Å². The van der Waals surface area contributed by atoms with Crippen molar-refractivity contribution in [2.75, 3.05) is 7.11 Å². The molecule has 2 heterocycles. The van der Waals surface area contributed by atoms with Gasteiger partial charge in [0.1, 0.15) is 10.8 Å². The number of Topliss-reactive ketones (excluding diaryl/α,β-unsaturated/α-hetero) is 1. The molecule has 3 aromatic carbocycles. The first-order valence-corrected chi connectivity index (χ1v) is 12.3.